The number of pyridine rings is 1. The van der Waals surface area contributed by atoms with Gasteiger partial charge in [-0.3, -0.25) is 18.8 Å². The molecule has 29 heavy (non-hydrogen) atoms. The molecule has 2 bridgehead atoms. The van der Waals surface area contributed by atoms with Gasteiger partial charge in [-0.15, -0.1) is 10.2 Å². The van der Waals surface area contributed by atoms with Crippen LogP contribution in [-0.2, 0) is 9.59 Å². The number of hydrogen-bond acceptors (Lipinski definition) is 5. The average molecular weight is 398 g/mol. The lowest BCUT2D eigenvalue weighted by Gasteiger charge is -2.39. The van der Waals surface area contributed by atoms with Gasteiger partial charge in [-0.2, -0.15) is 0 Å². The van der Waals surface area contributed by atoms with Crippen molar-refractivity contribution < 1.29 is 14.4 Å². The highest BCUT2D eigenvalue weighted by atomic mass is 16.2. The SMILES string of the molecule is CC(=O)N(C)CCC(=O)N1C2CCC1CC(NC(=O)c1ccc3nncn3c1)C2. The van der Waals surface area contributed by atoms with Crippen molar-refractivity contribution in [2.24, 2.45) is 0 Å². The highest BCUT2D eigenvalue weighted by Gasteiger charge is 2.43. The molecule has 2 aliphatic heterocycles. The van der Waals surface area contributed by atoms with Crippen molar-refractivity contribution in [3.8, 4) is 0 Å². The molecule has 9 nitrogen and oxygen atoms in total. The Hall–Kier alpha value is -2.97. The molecule has 154 valence electrons. The number of nitrogens with one attached hydrogen (secondary N) is 1. The van der Waals surface area contributed by atoms with Crippen LogP contribution in [0.2, 0.25) is 0 Å². The molecule has 1 N–H and O–H groups in total. The molecule has 0 aromatic carbocycles. The van der Waals surface area contributed by atoms with Gasteiger partial charge >= 0.3 is 0 Å². The molecule has 2 fully saturated rings. The van der Waals surface area contributed by atoms with E-state index < -0.39 is 0 Å². The molecule has 4 heterocycles. The van der Waals surface area contributed by atoms with Gasteiger partial charge in [-0.1, -0.05) is 0 Å². The van der Waals surface area contributed by atoms with Crippen molar-refractivity contribution in [1.82, 2.24) is 29.7 Å². The Morgan fingerprint density at radius 1 is 1.21 bits per heavy atom. The van der Waals surface area contributed by atoms with E-state index in [2.05, 4.69) is 15.5 Å². The Balaban J connectivity index is 1.35. The van der Waals surface area contributed by atoms with Gasteiger partial charge in [0.2, 0.25) is 11.8 Å². The Morgan fingerprint density at radius 3 is 2.62 bits per heavy atom. The molecule has 2 saturated heterocycles. The van der Waals surface area contributed by atoms with Crippen LogP contribution in [0.1, 0.15) is 49.4 Å². The highest BCUT2D eigenvalue weighted by molar-refractivity contribution is 5.94. The first-order chi connectivity index (χ1) is 13.9. The van der Waals surface area contributed by atoms with Crippen LogP contribution < -0.4 is 5.32 Å². The van der Waals surface area contributed by atoms with E-state index in [9.17, 15) is 14.4 Å². The summed E-state index contributed by atoms with van der Waals surface area (Å²) in [6.45, 7) is 1.94. The fourth-order valence-electron chi connectivity index (χ4n) is 4.48. The molecule has 2 unspecified atom stereocenters. The largest absolute Gasteiger partial charge is 0.349 e. The van der Waals surface area contributed by atoms with Crippen molar-refractivity contribution in [2.75, 3.05) is 13.6 Å². The molecule has 0 spiro atoms. The quantitative estimate of drug-likeness (QED) is 0.805. The number of carbonyl (C=O) groups excluding carboxylic acids is 3. The van der Waals surface area contributed by atoms with Gasteiger partial charge < -0.3 is 15.1 Å². The van der Waals surface area contributed by atoms with Gasteiger partial charge in [0.15, 0.2) is 5.65 Å². The summed E-state index contributed by atoms with van der Waals surface area (Å²) in [5.74, 6) is -0.0480. The molecular formula is C20H26N6O3. The minimum absolute atomic E-state index is 0.0353. The van der Waals surface area contributed by atoms with Crippen LogP contribution in [0.5, 0.6) is 0 Å². The monoisotopic (exact) mass is 398 g/mol. The van der Waals surface area contributed by atoms with Crippen LogP contribution in [0.25, 0.3) is 5.65 Å². The van der Waals surface area contributed by atoms with Gasteiger partial charge in [0.25, 0.3) is 5.91 Å². The number of rotatable bonds is 5. The van der Waals surface area contributed by atoms with E-state index in [4.69, 9.17) is 0 Å². The van der Waals surface area contributed by atoms with Crippen molar-refractivity contribution in [3.05, 3.63) is 30.2 Å². The van der Waals surface area contributed by atoms with Crippen LogP contribution in [0.15, 0.2) is 24.7 Å². The van der Waals surface area contributed by atoms with E-state index in [1.54, 1.807) is 41.0 Å². The normalized spacial score (nSPS) is 23.2. The van der Waals surface area contributed by atoms with Crippen LogP contribution in [-0.4, -0.2) is 73.8 Å². The fourth-order valence-corrected chi connectivity index (χ4v) is 4.48. The lowest BCUT2D eigenvalue weighted by Crippen LogP contribution is -2.52. The van der Waals surface area contributed by atoms with E-state index in [1.807, 2.05) is 4.90 Å². The van der Waals surface area contributed by atoms with Crippen molar-refractivity contribution in [1.29, 1.82) is 0 Å². The van der Waals surface area contributed by atoms with Gasteiger partial charge in [0.05, 0.1) is 5.56 Å². The van der Waals surface area contributed by atoms with Crippen LogP contribution in [0.3, 0.4) is 0 Å². The van der Waals surface area contributed by atoms with Crippen LogP contribution in [0.4, 0.5) is 0 Å². The number of fused-ring (bicyclic) bond motifs is 3. The summed E-state index contributed by atoms with van der Waals surface area (Å²) in [6, 6.07) is 3.90. The fraction of sp³-hybridized carbons (Fsp3) is 0.550. The summed E-state index contributed by atoms with van der Waals surface area (Å²) < 4.78 is 1.72. The number of piperidine rings is 1. The van der Waals surface area contributed by atoms with Crippen molar-refractivity contribution in [2.45, 2.75) is 57.2 Å². The standard InChI is InChI=1S/C20H26N6O3/c1-13(27)24(2)8-7-19(28)26-16-4-5-17(26)10-15(9-16)22-20(29)14-3-6-18-23-21-12-25(18)11-14/h3,6,11-12,15-17H,4-5,7-10H2,1-2H3,(H,22,29). The van der Waals surface area contributed by atoms with Crippen LogP contribution in [0, 0.1) is 0 Å². The summed E-state index contributed by atoms with van der Waals surface area (Å²) in [6.07, 6.45) is 7.12. The molecule has 9 heteroatoms. The molecule has 2 aromatic rings. The molecule has 2 aliphatic rings. The first kappa shape index (κ1) is 19.4. The Morgan fingerprint density at radius 2 is 1.93 bits per heavy atom. The second-order valence-corrected chi connectivity index (χ2v) is 8.03. The summed E-state index contributed by atoms with van der Waals surface area (Å²) in [5, 5.41) is 10.9. The maximum Gasteiger partial charge on any atom is 0.253 e. The number of hydrogen-bond donors (Lipinski definition) is 1. The molecule has 3 amide bonds. The Bertz CT molecular complexity index is 927. The van der Waals surface area contributed by atoms with E-state index >= 15 is 0 Å². The molecule has 2 atom stereocenters. The number of carbonyl (C=O) groups is 3. The van der Waals surface area contributed by atoms with E-state index in [-0.39, 0.29) is 35.8 Å². The predicted molar refractivity (Wildman–Crippen MR) is 105 cm³/mol. The summed E-state index contributed by atoms with van der Waals surface area (Å²) in [5.41, 5.74) is 1.26. The van der Waals surface area contributed by atoms with E-state index in [0.717, 1.165) is 25.7 Å². The summed E-state index contributed by atoms with van der Waals surface area (Å²) in [4.78, 5) is 40.3. The molecule has 4 rings (SSSR count). The first-order valence-electron chi connectivity index (χ1n) is 10.1. The second kappa shape index (κ2) is 7.81. The Labute approximate surface area is 169 Å². The van der Waals surface area contributed by atoms with Crippen molar-refractivity contribution >= 4 is 23.4 Å². The zero-order valence-electron chi connectivity index (χ0n) is 16.7. The van der Waals surface area contributed by atoms with Gasteiger partial charge in [-0.05, 0) is 37.8 Å². The number of nitrogens with zero attached hydrogens (tertiary/aromatic N) is 5. The highest BCUT2D eigenvalue weighted by Crippen LogP contribution is 2.36. The maximum absolute atomic E-state index is 12.7. The number of aromatic nitrogens is 3. The molecule has 0 radical (unpaired) electrons. The molecular weight excluding hydrogens is 372 g/mol. The van der Waals surface area contributed by atoms with Gasteiger partial charge in [0, 0.05) is 51.3 Å². The van der Waals surface area contributed by atoms with Gasteiger partial charge in [-0.25, -0.2) is 0 Å². The van der Waals surface area contributed by atoms with E-state index in [1.165, 1.54) is 6.92 Å². The third-order valence-corrected chi connectivity index (χ3v) is 6.11. The third-order valence-electron chi connectivity index (χ3n) is 6.11. The summed E-state index contributed by atoms with van der Waals surface area (Å²) in [7, 11) is 1.71. The summed E-state index contributed by atoms with van der Waals surface area (Å²) >= 11 is 0. The Kier molecular flexibility index (Phi) is 5.21. The molecule has 2 aromatic heterocycles. The predicted octanol–water partition coefficient (Wildman–Crippen LogP) is 0.850. The average Bonchev–Trinajstić information content (AvgIpc) is 3.27. The lowest BCUT2D eigenvalue weighted by atomic mass is 9.96. The molecule has 0 aliphatic carbocycles. The minimum Gasteiger partial charge on any atom is -0.349 e. The van der Waals surface area contributed by atoms with E-state index in [0.29, 0.717) is 24.2 Å². The zero-order valence-corrected chi connectivity index (χ0v) is 16.7. The second-order valence-electron chi connectivity index (χ2n) is 8.03. The molecule has 0 saturated carbocycles. The van der Waals surface area contributed by atoms with Gasteiger partial charge in [0.1, 0.15) is 6.33 Å². The topological polar surface area (TPSA) is 99.9 Å². The number of amides is 3. The van der Waals surface area contributed by atoms with Crippen LogP contribution >= 0.6 is 0 Å². The first-order valence-corrected chi connectivity index (χ1v) is 10.1. The van der Waals surface area contributed by atoms with Crippen molar-refractivity contribution in [3.63, 3.8) is 0 Å². The lowest BCUT2D eigenvalue weighted by molar-refractivity contribution is -0.136. The minimum atomic E-state index is -0.118. The third kappa shape index (κ3) is 3.94. The smallest absolute Gasteiger partial charge is 0.253 e. The maximum atomic E-state index is 12.7. The zero-order chi connectivity index (χ0) is 20.5.